The molecule has 11 heteroatoms. The molecule has 0 saturated heterocycles. The molecule has 4 aromatic rings. The number of rotatable bonds is 6. The highest BCUT2D eigenvalue weighted by atomic mass is 32.2. The van der Waals surface area contributed by atoms with Gasteiger partial charge in [0.05, 0.1) is 9.79 Å². The molecule has 34 heavy (non-hydrogen) atoms. The van der Waals surface area contributed by atoms with Gasteiger partial charge in [-0.05, 0) is 42.8 Å². The molecule has 0 amide bonds. The summed E-state index contributed by atoms with van der Waals surface area (Å²) < 4.78 is 49.7. The van der Waals surface area contributed by atoms with Crippen molar-refractivity contribution in [3.63, 3.8) is 0 Å². The molecule has 0 aliphatic heterocycles. The summed E-state index contributed by atoms with van der Waals surface area (Å²) >= 11 is 0. The number of nitrogens with one attached hydrogen (secondary N) is 1. The molecule has 1 aromatic heterocycles. The van der Waals surface area contributed by atoms with Crippen molar-refractivity contribution in [2.45, 2.75) is 16.7 Å². The zero-order valence-electron chi connectivity index (χ0n) is 18.7. The molecule has 176 valence electrons. The van der Waals surface area contributed by atoms with Crippen molar-refractivity contribution >= 4 is 42.3 Å². The molecule has 0 spiro atoms. The summed E-state index contributed by atoms with van der Waals surface area (Å²) in [6, 6.07) is 18.6. The molecule has 0 aliphatic rings. The molecule has 0 bridgehead atoms. The van der Waals surface area contributed by atoms with Crippen LogP contribution in [0.15, 0.2) is 76.5 Å². The Morgan fingerprint density at radius 3 is 2.12 bits per heavy atom. The molecule has 0 atom stereocenters. The molecule has 3 N–H and O–H groups in total. The number of primary sulfonamides is 1. The summed E-state index contributed by atoms with van der Waals surface area (Å²) in [7, 11) is -4.44. The van der Waals surface area contributed by atoms with Gasteiger partial charge in [0.15, 0.2) is 5.82 Å². The Kier molecular flexibility index (Phi) is 6.13. The largest absolute Gasteiger partial charge is 0.338 e. The first-order valence-corrected chi connectivity index (χ1v) is 13.2. The lowest BCUT2D eigenvalue weighted by atomic mass is 10.0. The number of aromatic nitrogens is 2. The van der Waals surface area contributed by atoms with E-state index in [2.05, 4.69) is 15.5 Å². The Morgan fingerprint density at radius 2 is 1.50 bits per heavy atom. The molecule has 3 aromatic carbocycles. The summed E-state index contributed by atoms with van der Waals surface area (Å²) in [5.74, 6) is 0.468. The Morgan fingerprint density at radius 1 is 0.853 bits per heavy atom. The van der Waals surface area contributed by atoms with Gasteiger partial charge in [0, 0.05) is 36.1 Å². The molecule has 0 unspecified atom stereocenters. The van der Waals surface area contributed by atoms with Crippen molar-refractivity contribution in [1.29, 1.82) is 0 Å². The molecule has 0 radical (unpaired) electrons. The fourth-order valence-corrected chi connectivity index (χ4v) is 5.16. The van der Waals surface area contributed by atoms with Gasteiger partial charge in [0.1, 0.15) is 5.69 Å². The summed E-state index contributed by atoms with van der Waals surface area (Å²) in [5, 5.41) is 18.6. The average molecular weight is 498 g/mol. The minimum absolute atomic E-state index is 0.00666. The first kappa shape index (κ1) is 23.8. The number of aryl methyl sites for hydroxylation is 1. The van der Waals surface area contributed by atoms with Crippen molar-refractivity contribution in [3.8, 4) is 11.3 Å². The van der Waals surface area contributed by atoms with Crippen LogP contribution in [0.25, 0.3) is 22.0 Å². The number of benzene rings is 3. The monoisotopic (exact) mass is 497 g/mol. The number of hydrogen-bond donors (Lipinski definition) is 2. The number of nitrogens with zero attached hydrogens (tertiary/aromatic N) is 3. The number of sulfonamides is 2. The van der Waals surface area contributed by atoms with Crippen LogP contribution in [-0.4, -0.2) is 45.4 Å². The Labute approximate surface area is 198 Å². The van der Waals surface area contributed by atoms with E-state index in [1.807, 2.05) is 30.3 Å². The number of fused-ring (bicyclic) bond motifs is 1. The number of anilines is 2. The zero-order chi connectivity index (χ0) is 24.7. The van der Waals surface area contributed by atoms with E-state index < -0.39 is 20.0 Å². The normalized spacial score (nSPS) is 12.3. The van der Waals surface area contributed by atoms with Crippen LogP contribution in [0.3, 0.4) is 0 Å². The third-order valence-electron chi connectivity index (χ3n) is 5.35. The van der Waals surface area contributed by atoms with Crippen LogP contribution in [0.1, 0.15) is 5.56 Å². The van der Waals surface area contributed by atoms with Crippen molar-refractivity contribution in [2.24, 2.45) is 5.14 Å². The van der Waals surface area contributed by atoms with Crippen LogP contribution in [-0.2, 0) is 20.0 Å². The molecule has 0 saturated carbocycles. The lowest BCUT2D eigenvalue weighted by Crippen LogP contribution is -2.23. The lowest BCUT2D eigenvalue weighted by molar-refractivity contribution is 0.520. The third kappa shape index (κ3) is 4.50. The highest BCUT2D eigenvalue weighted by molar-refractivity contribution is 7.89. The molecule has 4 rings (SSSR count). The van der Waals surface area contributed by atoms with E-state index in [-0.39, 0.29) is 9.79 Å². The topological polar surface area (TPSA) is 135 Å². The van der Waals surface area contributed by atoms with Gasteiger partial charge >= 0.3 is 0 Å². The van der Waals surface area contributed by atoms with Crippen molar-refractivity contribution in [1.82, 2.24) is 14.5 Å². The molecular formula is C23H23N5O4S2. The fraction of sp³-hybridized carbons (Fsp3) is 0.130. The average Bonchev–Trinajstić information content (AvgIpc) is 2.79. The predicted molar refractivity (Wildman–Crippen MR) is 132 cm³/mol. The Bertz CT molecular complexity index is 1600. The van der Waals surface area contributed by atoms with Crippen LogP contribution in [0.5, 0.6) is 0 Å². The first-order chi connectivity index (χ1) is 16.0. The molecule has 0 fully saturated rings. The minimum Gasteiger partial charge on any atom is -0.338 e. The van der Waals surface area contributed by atoms with Crippen molar-refractivity contribution in [3.05, 3.63) is 72.3 Å². The van der Waals surface area contributed by atoms with E-state index in [1.165, 1.54) is 30.5 Å². The first-order valence-electron chi connectivity index (χ1n) is 10.2. The van der Waals surface area contributed by atoms with Gasteiger partial charge in [0.25, 0.3) is 0 Å². The second-order valence-electron chi connectivity index (χ2n) is 7.90. The van der Waals surface area contributed by atoms with Gasteiger partial charge < -0.3 is 5.32 Å². The molecule has 0 aliphatic carbocycles. The summed E-state index contributed by atoms with van der Waals surface area (Å²) in [6.07, 6.45) is 0. The highest BCUT2D eigenvalue weighted by Crippen LogP contribution is 2.33. The van der Waals surface area contributed by atoms with E-state index in [9.17, 15) is 16.8 Å². The summed E-state index contributed by atoms with van der Waals surface area (Å²) in [6.45, 7) is 1.75. The Hall–Kier alpha value is -3.38. The second kappa shape index (κ2) is 8.76. The lowest BCUT2D eigenvalue weighted by Gasteiger charge is -2.15. The highest BCUT2D eigenvalue weighted by Gasteiger charge is 2.21. The van der Waals surface area contributed by atoms with E-state index in [1.54, 1.807) is 31.2 Å². The standard InChI is InChI=1S/C23H23N5O4S2/c1-15-8-9-16(14-21(15)34(31,32)28(2)3)22-19-6-4-5-7-20(19)23(27-26-22)25-17-10-12-18(13-11-17)33(24,29)30/h4-14H,1-3H3,(H,25,27)(H2,24,29,30). The number of hydrogen-bond acceptors (Lipinski definition) is 7. The third-order valence-corrected chi connectivity index (χ3v) is 8.24. The quantitative estimate of drug-likeness (QED) is 0.417. The van der Waals surface area contributed by atoms with Gasteiger partial charge in [-0.2, -0.15) is 0 Å². The SMILES string of the molecule is Cc1ccc(-c2nnc(Nc3ccc(S(N)(=O)=O)cc3)c3ccccc23)cc1S(=O)(=O)N(C)C. The molecule has 1 heterocycles. The minimum atomic E-state index is -3.79. The van der Waals surface area contributed by atoms with Crippen LogP contribution in [0.4, 0.5) is 11.5 Å². The number of nitrogens with two attached hydrogens (primary N) is 1. The van der Waals surface area contributed by atoms with E-state index in [0.29, 0.717) is 28.3 Å². The summed E-state index contributed by atoms with van der Waals surface area (Å²) in [5.41, 5.74) is 2.41. The van der Waals surface area contributed by atoms with E-state index in [0.717, 1.165) is 10.8 Å². The van der Waals surface area contributed by atoms with Crippen LogP contribution < -0.4 is 10.5 Å². The fourth-order valence-electron chi connectivity index (χ4n) is 3.50. The van der Waals surface area contributed by atoms with Crippen LogP contribution in [0, 0.1) is 6.92 Å². The maximum absolute atomic E-state index is 12.8. The maximum Gasteiger partial charge on any atom is 0.242 e. The van der Waals surface area contributed by atoms with Gasteiger partial charge in [-0.1, -0.05) is 36.4 Å². The van der Waals surface area contributed by atoms with E-state index in [4.69, 9.17) is 5.14 Å². The Balaban J connectivity index is 1.79. The zero-order valence-corrected chi connectivity index (χ0v) is 20.4. The van der Waals surface area contributed by atoms with Crippen LogP contribution in [0.2, 0.25) is 0 Å². The van der Waals surface area contributed by atoms with Gasteiger partial charge in [0.2, 0.25) is 20.0 Å². The van der Waals surface area contributed by atoms with Crippen molar-refractivity contribution in [2.75, 3.05) is 19.4 Å². The van der Waals surface area contributed by atoms with Gasteiger partial charge in [-0.3, -0.25) is 0 Å². The smallest absolute Gasteiger partial charge is 0.242 e. The van der Waals surface area contributed by atoms with E-state index >= 15 is 0 Å². The van der Waals surface area contributed by atoms with Crippen molar-refractivity contribution < 1.29 is 16.8 Å². The second-order valence-corrected chi connectivity index (χ2v) is 11.6. The van der Waals surface area contributed by atoms with Gasteiger partial charge in [-0.25, -0.2) is 26.3 Å². The molecular weight excluding hydrogens is 474 g/mol. The predicted octanol–water partition coefficient (Wildman–Crippen LogP) is 3.25. The van der Waals surface area contributed by atoms with Gasteiger partial charge in [-0.15, -0.1) is 10.2 Å². The summed E-state index contributed by atoms with van der Waals surface area (Å²) in [4.78, 5) is 0.213. The molecule has 9 nitrogen and oxygen atoms in total. The van der Waals surface area contributed by atoms with Crippen LogP contribution >= 0.6 is 0 Å². The maximum atomic E-state index is 12.8.